The standard InChI is InChI=1S/C14H15F3N2S/c1-7(2)3-11-12(6-18)20-14(19-11)13-9(16)4-8(15)5-10(13)17/h4-5,7H,3,6,18H2,1-2H3. The molecular formula is C14H15F3N2S. The van der Waals surface area contributed by atoms with Gasteiger partial charge in [0.15, 0.2) is 0 Å². The molecule has 0 aliphatic heterocycles. The molecule has 1 aromatic heterocycles. The van der Waals surface area contributed by atoms with Gasteiger partial charge in [-0.2, -0.15) is 0 Å². The number of thiazole rings is 1. The van der Waals surface area contributed by atoms with E-state index in [-0.39, 0.29) is 17.1 Å². The molecule has 0 fully saturated rings. The fourth-order valence-corrected chi connectivity index (χ4v) is 2.96. The minimum atomic E-state index is -0.948. The quantitative estimate of drug-likeness (QED) is 0.930. The first-order chi connectivity index (χ1) is 9.42. The zero-order chi connectivity index (χ0) is 14.9. The zero-order valence-electron chi connectivity index (χ0n) is 11.2. The van der Waals surface area contributed by atoms with Crippen LogP contribution < -0.4 is 5.73 Å². The number of benzene rings is 1. The lowest BCUT2D eigenvalue weighted by Gasteiger charge is -2.03. The molecule has 0 saturated heterocycles. The second kappa shape index (κ2) is 5.93. The van der Waals surface area contributed by atoms with E-state index in [0.717, 1.165) is 21.9 Å². The molecule has 0 bridgehead atoms. The van der Waals surface area contributed by atoms with Gasteiger partial charge in [-0.3, -0.25) is 0 Å². The summed E-state index contributed by atoms with van der Waals surface area (Å²) in [4.78, 5) is 5.08. The van der Waals surface area contributed by atoms with E-state index in [1.165, 1.54) is 0 Å². The predicted octanol–water partition coefficient (Wildman–Crippen LogP) is 3.88. The Morgan fingerprint density at radius 2 is 1.80 bits per heavy atom. The summed E-state index contributed by atoms with van der Waals surface area (Å²) in [6, 6.07) is 1.31. The summed E-state index contributed by atoms with van der Waals surface area (Å²) < 4.78 is 40.4. The van der Waals surface area contributed by atoms with Crippen molar-refractivity contribution < 1.29 is 13.2 Å². The van der Waals surface area contributed by atoms with Crippen LogP contribution in [-0.4, -0.2) is 4.98 Å². The van der Waals surface area contributed by atoms with Crippen LogP contribution in [0.1, 0.15) is 24.4 Å². The van der Waals surface area contributed by atoms with Crippen LogP contribution in [0, 0.1) is 23.4 Å². The average Bonchev–Trinajstić information content (AvgIpc) is 2.69. The van der Waals surface area contributed by atoms with Crippen molar-refractivity contribution in [2.75, 3.05) is 0 Å². The molecule has 0 atom stereocenters. The van der Waals surface area contributed by atoms with E-state index in [1.54, 1.807) is 0 Å². The summed E-state index contributed by atoms with van der Waals surface area (Å²) in [6.45, 7) is 4.32. The van der Waals surface area contributed by atoms with Gasteiger partial charge in [-0.15, -0.1) is 11.3 Å². The van der Waals surface area contributed by atoms with E-state index < -0.39 is 17.5 Å². The molecular weight excluding hydrogens is 285 g/mol. The number of hydrogen-bond donors (Lipinski definition) is 1. The highest BCUT2D eigenvalue weighted by Gasteiger charge is 2.19. The Labute approximate surface area is 119 Å². The summed E-state index contributed by atoms with van der Waals surface area (Å²) in [5.41, 5.74) is 6.11. The van der Waals surface area contributed by atoms with Gasteiger partial charge in [-0.05, 0) is 12.3 Å². The topological polar surface area (TPSA) is 38.9 Å². The normalized spacial score (nSPS) is 11.3. The molecule has 0 radical (unpaired) electrons. The van der Waals surface area contributed by atoms with Gasteiger partial charge in [0.25, 0.3) is 0 Å². The van der Waals surface area contributed by atoms with Crippen molar-refractivity contribution in [3.8, 4) is 10.6 Å². The van der Waals surface area contributed by atoms with Gasteiger partial charge >= 0.3 is 0 Å². The van der Waals surface area contributed by atoms with Crippen LogP contribution in [0.4, 0.5) is 13.2 Å². The Balaban J connectivity index is 2.51. The molecule has 1 heterocycles. The van der Waals surface area contributed by atoms with E-state index >= 15 is 0 Å². The highest BCUT2D eigenvalue weighted by molar-refractivity contribution is 7.15. The number of rotatable bonds is 4. The monoisotopic (exact) mass is 300 g/mol. The van der Waals surface area contributed by atoms with Gasteiger partial charge in [0.05, 0.1) is 11.3 Å². The number of halogens is 3. The Kier molecular flexibility index (Phi) is 4.45. The molecule has 2 N–H and O–H groups in total. The maximum atomic E-state index is 13.8. The van der Waals surface area contributed by atoms with Crippen LogP contribution in [0.3, 0.4) is 0 Å². The van der Waals surface area contributed by atoms with Gasteiger partial charge in [-0.25, -0.2) is 18.2 Å². The molecule has 0 aliphatic carbocycles. The van der Waals surface area contributed by atoms with Gasteiger partial charge in [0.1, 0.15) is 22.5 Å². The Morgan fingerprint density at radius 1 is 1.20 bits per heavy atom. The fraction of sp³-hybridized carbons (Fsp3) is 0.357. The zero-order valence-corrected chi connectivity index (χ0v) is 12.0. The van der Waals surface area contributed by atoms with E-state index in [0.29, 0.717) is 24.5 Å². The third-order valence-corrected chi connectivity index (χ3v) is 3.92. The lowest BCUT2D eigenvalue weighted by Crippen LogP contribution is -2.02. The number of hydrogen-bond acceptors (Lipinski definition) is 3. The summed E-state index contributed by atoms with van der Waals surface area (Å²) in [7, 11) is 0. The molecule has 1 aromatic carbocycles. The summed E-state index contributed by atoms with van der Waals surface area (Å²) in [6.07, 6.45) is 0.688. The first-order valence-electron chi connectivity index (χ1n) is 6.26. The number of aromatic nitrogens is 1. The molecule has 20 heavy (non-hydrogen) atoms. The molecule has 2 rings (SSSR count). The third-order valence-electron chi connectivity index (χ3n) is 2.79. The lowest BCUT2D eigenvalue weighted by molar-refractivity contribution is 0.548. The minimum absolute atomic E-state index is 0.205. The van der Waals surface area contributed by atoms with Gasteiger partial charge < -0.3 is 5.73 Å². The molecule has 0 aliphatic rings. The van der Waals surface area contributed by atoms with Crippen LogP contribution >= 0.6 is 11.3 Å². The minimum Gasteiger partial charge on any atom is -0.326 e. The van der Waals surface area contributed by atoms with Gasteiger partial charge in [-0.1, -0.05) is 13.8 Å². The highest BCUT2D eigenvalue weighted by atomic mass is 32.1. The van der Waals surface area contributed by atoms with Crippen molar-refractivity contribution in [2.45, 2.75) is 26.8 Å². The van der Waals surface area contributed by atoms with Gasteiger partial charge in [0, 0.05) is 23.6 Å². The van der Waals surface area contributed by atoms with Gasteiger partial charge in [0.2, 0.25) is 0 Å². The number of nitrogens with zero attached hydrogens (tertiary/aromatic N) is 1. The summed E-state index contributed by atoms with van der Waals surface area (Å²) in [5, 5.41) is 0.205. The second-order valence-electron chi connectivity index (χ2n) is 4.94. The van der Waals surface area contributed by atoms with Crippen molar-refractivity contribution in [1.29, 1.82) is 0 Å². The van der Waals surface area contributed by atoms with E-state index in [2.05, 4.69) is 4.98 Å². The Bertz CT molecular complexity index is 600. The van der Waals surface area contributed by atoms with Crippen molar-refractivity contribution >= 4 is 11.3 Å². The highest BCUT2D eigenvalue weighted by Crippen LogP contribution is 2.33. The molecule has 0 unspecified atom stereocenters. The lowest BCUT2D eigenvalue weighted by atomic mass is 10.1. The molecule has 0 amide bonds. The maximum absolute atomic E-state index is 13.8. The van der Waals surface area contributed by atoms with Crippen LogP contribution in [0.5, 0.6) is 0 Å². The van der Waals surface area contributed by atoms with Crippen molar-refractivity contribution in [2.24, 2.45) is 11.7 Å². The van der Waals surface area contributed by atoms with E-state index in [1.807, 2.05) is 13.8 Å². The first kappa shape index (κ1) is 15.0. The fourth-order valence-electron chi connectivity index (χ4n) is 1.94. The molecule has 2 aromatic rings. The van der Waals surface area contributed by atoms with Crippen molar-refractivity contribution in [1.82, 2.24) is 4.98 Å². The maximum Gasteiger partial charge on any atom is 0.139 e. The SMILES string of the molecule is CC(C)Cc1nc(-c2c(F)cc(F)cc2F)sc1CN. The predicted molar refractivity (Wildman–Crippen MR) is 73.9 cm³/mol. The summed E-state index contributed by atoms with van der Waals surface area (Å²) >= 11 is 1.15. The average molecular weight is 300 g/mol. The van der Waals surface area contributed by atoms with Crippen molar-refractivity contribution in [3.05, 3.63) is 40.2 Å². The Morgan fingerprint density at radius 3 is 2.30 bits per heavy atom. The van der Waals surface area contributed by atoms with Crippen LogP contribution in [0.2, 0.25) is 0 Å². The first-order valence-corrected chi connectivity index (χ1v) is 7.07. The molecule has 0 spiro atoms. The molecule has 108 valence electrons. The molecule has 0 saturated carbocycles. The van der Waals surface area contributed by atoms with E-state index in [9.17, 15) is 13.2 Å². The molecule has 6 heteroatoms. The van der Waals surface area contributed by atoms with Crippen LogP contribution in [0.15, 0.2) is 12.1 Å². The van der Waals surface area contributed by atoms with Crippen LogP contribution in [0.25, 0.3) is 10.6 Å². The summed E-state index contributed by atoms with van der Waals surface area (Å²) in [5.74, 6) is -2.48. The van der Waals surface area contributed by atoms with E-state index in [4.69, 9.17) is 5.73 Å². The number of nitrogens with two attached hydrogens (primary N) is 1. The second-order valence-corrected chi connectivity index (χ2v) is 6.02. The smallest absolute Gasteiger partial charge is 0.139 e. The third kappa shape index (κ3) is 3.02. The largest absolute Gasteiger partial charge is 0.326 e. The molecule has 2 nitrogen and oxygen atoms in total. The van der Waals surface area contributed by atoms with Crippen molar-refractivity contribution in [3.63, 3.8) is 0 Å². The van der Waals surface area contributed by atoms with Crippen LogP contribution in [-0.2, 0) is 13.0 Å². The Hall–Kier alpha value is -1.40.